The summed E-state index contributed by atoms with van der Waals surface area (Å²) in [6, 6.07) is 5.04. The van der Waals surface area contributed by atoms with Crippen molar-refractivity contribution in [3.05, 3.63) is 29.8 Å². The minimum absolute atomic E-state index is 0.0478. The Bertz CT molecular complexity index is 507. The van der Waals surface area contributed by atoms with Crippen molar-refractivity contribution in [2.75, 3.05) is 25.4 Å². The molecule has 0 aromatic heterocycles. The molecule has 7 heteroatoms. The van der Waals surface area contributed by atoms with Gasteiger partial charge in [-0.1, -0.05) is 6.07 Å². The van der Waals surface area contributed by atoms with E-state index in [2.05, 4.69) is 0 Å². The van der Waals surface area contributed by atoms with Crippen molar-refractivity contribution in [1.29, 1.82) is 0 Å². The molecule has 0 aliphatic carbocycles. The van der Waals surface area contributed by atoms with Gasteiger partial charge in [-0.3, -0.25) is 4.79 Å². The van der Waals surface area contributed by atoms with Gasteiger partial charge in [0.2, 0.25) is 5.91 Å². The summed E-state index contributed by atoms with van der Waals surface area (Å²) < 4.78 is 37.8. The third-order valence-corrected chi connectivity index (χ3v) is 4.47. The number of amides is 1. The summed E-state index contributed by atoms with van der Waals surface area (Å²) in [6.45, 7) is 1.90. The predicted molar refractivity (Wildman–Crippen MR) is 75.9 cm³/mol. The first-order valence-electron chi connectivity index (χ1n) is 6.68. The third kappa shape index (κ3) is 4.38. The standard InChI is InChI=1S/C14H17F3N2OS/c15-14(16,17)11-2-1-3-12(6-11)21-9-13(20)19-5-4-10(7-18)8-19/h1-3,6,10H,4-5,7-9,18H2. The fourth-order valence-corrected chi connectivity index (χ4v) is 3.11. The first-order chi connectivity index (χ1) is 9.90. The third-order valence-electron chi connectivity index (χ3n) is 3.50. The summed E-state index contributed by atoms with van der Waals surface area (Å²) >= 11 is 1.13. The van der Waals surface area contributed by atoms with Crippen LogP contribution in [0.25, 0.3) is 0 Å². The molecule has 0 bridgehead atoms. The second-order valence-corrected chi connectivity index (χ2v) is 6.09. The largest absolute Gasteiger partial charge is 0.416 e. The molecule has 1 aromatic carbocycles. The van der Waals surface area contributed by atoms with Crippen molar-refractivity contribution in [2.45, 2.75) is 17.5 Å². The molecular weight excluding hydrogens is 301 g/mol. The van der Waals surface area contributed by atoms with E-state index in [1.807, 2.05) is 0 Å². The van der Waals surface area contributed by atoms with Crippen LogP contribution < -0.4 is 5.73 Å². The molecule has 1 unspecified atom stereocenters. The molecule has 1 heterocycles. The molecule has 0 radical (unpaired) electrons. The van der Waals surface area contributed by atoms with Gasteiger partial charge in [-0.15, -0.1) is 11.8 Å². The summed E-state index contributed by atoms with van der Waals surface area (Å²) in [5.74, 6) is 0.444. The molecule has 0 spiro atoms. The van der Waals surface area contributed by atoms with Crippen LogP contribution in [-0.2, 0) is 11.0 Å². The lowest BCUT2D eigenvalue weighted by Crippen LogP contribution is -2.31. The molecule has 1 atom stereocenters. The van der Waals surface area contributed by atoms with E-state index in [1.54, 1.807) is 11.0 Å². The number of hydrogen-bond acceptors (Lipinski definition) is 3. The van der Waals surface area contributed by atoms with E-state index in [0.29, 0.717) is 30.4 Å². The van der Waals surface area contributed by atoms with Crippen molar-refractivity contribution in [3.8, 4) is 0 Å². The summed E-state index contributed by atoms with van der Waals surface area (Å²) in [4.78, 5) is 14.2. The van der Waals surface area contributed by atoms with Gasteiger partial charge in [0.25, 0.3) is 0 Å². The highest BCUT2D eigenvalue weighted by atomic mass is 32.2. The first-order valence-corrected chi connectivity index (χ1v) is 7.66. The van der Waals surface area contributed by atoms with Gasteiger partial charge in [0, 0.05) is 18.0 Å². The van der Waals surface area contributed by atoms with Crippen LogP contribution in [0.1, 0.15) is 12.0 Å². The Morgan fingerprint density at radius 3 is 2.81 bits per heavy atom. The predicted octanol–water partition coefficient (Wildman–Crippen LogP) is 2.60. The fraction of sp³-hybridized carbons (Fsp3) is 0.500. The Kier molecular flexibility index (Phi) is 5.16. The summed E-state index contributed by atoms with van der Waals surface area (Å²) in [5, 5.41) is 0. The molecule has 21 heavy (non-hydrogen) atoms. The first kappa shape index (κ1) is 16.2. The Morgan fingerprint density at radius 1 is 1.43 bits per heavy atom. The quantitative estimate of drug-likeness (QED) is 0.868. The SMILES string of the molecule is NCC1CCN(C(=O)CSc2cccc(C(F)(F)F)c2)C1. The zero-order valence-corrected chi connectivity index (χ0v) is 12.2. The van der Waals surface area contributed by atoms with Gasteiger partial charge < -0.3 is 10.6 Å². The van der Waals surface area contributed by atoms with Crippen LogP contribution >= 0.6 is 11.8 Å². The molecule has 1 aromatic rings. The average molecular weight is 318 g/mol. The van der Waals surface area contributed by atoms with E-state index in [1.165, 1.54) is 6.07 Å². The fourth-order valence-electron chi connectivity index (χ4n) is 2.25. The second-order valence-electron chi connectivity index (χ2n) is 5.04. The van der Waals surface area contributed by atoms with Crippen molar-refractivity contribution in [3.63, 3.8) is 0 Å². The topological polar surface area (TPSA) is 46.3 Å². The normalized spacial score (nSPS) is 19.0. The van der Waals surface area contributed by atoms with E-state index in [0.717, 1.165) is 30.3 Å². The maximum atomic E-state index is 12.6. The van der Waals surface area contributed by atoms with Crippen LogP contribution in [0, 0.1) is 5.92 Å². The lowest BCUT2D eigenvalue weighted by Gasteiger charge is -2.16. The van der Waals surface area contributed by atoms with E-state index in [4.69, 9.17) is 5.73 Å². The Hall–Kier alpha value is -1.21. The van der Waals surface area contributed by atoms with Crippen molar-refractivity contribution in [2.24, 2.45) is 11.7 Å². The summed E-state index contributed by atoms with van der Waals surface area (Å²) in [5.41, 5.74) is 4.88. The van der Waals surface area contributed by atoms with Gasteiger partial charge in [0.05, 0.1) is 11.3 Å². The van der Waals surface area contributed by atoms with Gasteiger partial charge in [-0.2, -0.15) is 13.2 Å². The highest BCUT2D eigenvalue weighted by molar-refractivity contribution is 8.00. The van der Waals surface area contributed by atoms with Gasteiger partial charge in [-0.25, -0.2) is 0 Å². The number of thioether (sulfide) groups is 1. The lowest BCUT2D eigenvalue weighted by molar-refractivity contribution is -0.137. The zero-order chi connectivity index (χ0) is 15.5. The second kappa shape index (κ2) is 6.70. The van der Waals surface area contributed by atoms with Gasteiger partial charge >= 0.3 is 6.18 Å². The molecular formula is C14H17F3N2OS. The zero-order valence-electron chi connectivity index (χ0n) is 11.4. The number of benzene rings is 1. The molecule has 3 nitrogen and oxygen atoms in total. The number of halogens is 3. The minimum Gasteiger partial charge on any atom is -0.342 e. The number of nitrogens with two attached hydrogens (primary N) is 1. The van der Waals surface area contributed by atoms with E-state index < -0.39 is 11.7 Å². The number of carbonyl (C=O) groups excluding carboxylic acids is 1. The van der Waals surface area contributed by atoms with Crippen LogP contribution in [-0.4, -0.2) is 36.2 Å². The molecule has 2 rings (SSSR count). The Labute approximate surface area is 125 Å². The minimum atomic E-state index is -4.36. The molecule has 116 valence electrons. The number of likely N-dealkylation sites (tertiary alicyclic amines) is 1. The number of rotatable bonds is 4. The van der Waals surface area contributed by atoms with Gasteiger partial charge in [0.1, 0.15) is 0 Å². The smallest absolute Gasteiger partial charge is 0.342 e. The van der Waals surface area contributed by atoms with Crippen molar-refractivity contribution in [1.82, 2.24) is 4.90 Å². The lowest BCUT2D eigenvalue weighted by atomic mass is 10.1. The molecule has 1 saturated heterocycles. The van der Waals surface area contributed by atoms with Crippen LogP contribution in [0.4, 0.5) is 13.2 Å². The highest BCUT2D eigenvalue weighted by Gasteiger charge is 2.30. The van der Waals surface area contributed by atoms with Gasteiger partial charge in [-0.05, 0) is 37.1 Å². The van der Waals surface area contributed by atoms with Gasteiger partial charge in [0.15, 0.2) is 0 Å². The van der Waals surface area contributed by atoms with Crippen molar-refractivity contribution >= 4 is 17.7 Å². The average Bonchev–Trinajstić information content (AvgIpc) is 2.93. The molecule has 0 saturated carbocycles. The number of nitrogens with zero attached hydrogens (tertiary/aromatic N) is 1. The molecule has 1 fully saturated rings. The Balaban J connectivity index is 1.90. The molecule has 1 aliphatic heterocycles. The number of hydrogen-bond donors (Lipinski definition) is 1. The molecule has 1 aliphatic rings. The molecule has 1 amide bonds. The molecule has 2 N–H and O–H groups in total. The van der Waals surface area contributed by atoms with Crippen LogP contribution in [0.2, 0.25) is 0 Å². The van der Waals surface area contributed by atoms with Crippen LogP contribution in [0.15, 0.2) is 29.2 Å². The van der Waals surface area contributed by atoms with Crippen molar-refractivity contribution < 1.29 is 18.0 Å². The van der Waals surface area contributed by atoms with E-state index in [-0.39, 0.29) is 11.7 Å². The monoisotopic (exact) mass is 318 g/mol. The number of alkyl halides is 3. The van der Waals surface area contributed by atoms with Crippen LogP contribution in [0.5, 0.6) is 0 Å². The van der Waals surface area contributed by atoms with Crippen LogP contribution in [0.3, 0.4) is 0 Å². The summed E-state index contributed by atoms with van der Waals surface area (Å²) in [6.07, 6.45) is -3.46. The van der Waals surface area contributed by atoms with E-state index >= 15 is 0 Å². The number of carbonyl (C=O) groups is 1. The highest BCUT2D eigenvalue weighted by Crippen LogP contribution is 2.32. The summed E-state index contributed by atoms with van der Waals surface area (Å²) in [7, 11) is 0. The van der Waals surface area contributed by atoms with E-state index in [9.17, 15) is 18.0 Å². The maximum absolute atomic E-state index is 12.6. The maximum Gasteiger partial charge on any atom is 0.416 e. The Morgan fingerprint density at radius 2 is 2.19 bits per heavy atom.